The lowest BCUT2D eigenvalue weighted by molar-refractivity contribution is -0.0701. The molecule has 0 fully saturated rings. The first-order valence-electron chi connectivity index (χ1n) is 5.85. The minimum atomic E-state index is -4.49. The van der Waals surface area contributed by atoms with E-state index >= 15 is 0 Å². The molecule has 1 nitrogen and oxygen atoms in total. The van der Waals surface area contributed by atoms with Crippen LogP contribution < -0.4 is 0 Å². The third kappa shape index (κ3) is 7.27. The van der Waals surface area contributed by atoms with E-state index in [4.69, 9.17) is 0 Å². The Morgan fingerprint density at radius 1 is 1.18 bits per heavy atom. The number of hydrogen-bond donors (Lipinski definition) is 1. The van der Waals surface area contributed by atoms with Crippen molar-refractivity contribution in [2.24, 2.45) is 11.3 Å². The van der Waals surface area contributed by atoms with Crippen LogP contribution in [0, 0.1) is 23.2 Å². The van der Waals surface area contributed by atoms with Gasteiger partial charge in [0.25, 0.3) is 0 Å². The van der Waals surface area contributed by atoms with E-state index < -0.39 is 23.6 Å². The Hall–Kier alpha value is -0.690. The molecule has 100 valence electrons. The van der Waals surface area contributed by atoms with Gasteiger partial charge in [-0.2, -0.15) is 13.2 Å². The van der Waals surface area contributed by atoms with Crippen LogP contribution in [0.4, 0.5) is 13.2 Å². The molecule has 0 aliphatic heterocycles. The number of unbranched alkanes of at least 4 members (excludes halogenated alkanes) is 1. The molecule has 0 aromatic rings. The zero-order valence-corrected chi connectivity index (χ0v) is 10.9. The SMILES string of the molecule is CCCC[C@H](O)[C@@H](C#CC(F)(F)F)C(C)(C)C. The fourth-order valence-electron chi connectivity index (χ4n) is 1.63. The molecule has 0 rings (SSSR count). The summed E-state index contributed by atoms with van der Waals surface area (Å²) >= 11 is 0. The van der Waals surface area contributed by atoms with E-state index in [0.29, 0.717) is 6.42 Å². The van der Waals surface area contributed by atoms with Crippen LogP contribution in [-0.4, -0.2) is 17.4 Å². The molecule has 0 saturated heterocycles. The summed E-state index contributed by atoms with van der Waals surface area (Å²) in [6, 6.07) is 0. The van der Waals surface area contributed by atoms with Gasteiger partial charge >= 0.3 is 6.18 Å². The molecule has 0 aliphatic carbocycles. The molecule has 0 saturated carbocycles. The summed E-state index contributed by atoms with van der Waals surface area (Å²) in [4.78, 5) is 0. The molecule has 0 bridgehead atoms. The summed E-state index contributed by atoms with van der Waals surface area (Å²) in [5.41, 5.74) is -0.467. The first kappa shape index (κ1) is 16.3. The largest absolute Gasteiger partial charge is 0.457 e. The van der Waals surface area contributed by atoms with Gasteiger partial charge in [0.2, 0.25) is 0 Å². The fraction of sp³-hybridized carbons (Fsp3) is 0.846. The normalized spacial score (nSPS) is 16.0. The summed E-state index contributed by atoms with van der Waals surface area (Å²) in [5, 5.41) is 9.90. The highest BCUT2D eigenvalue weighted by molar-refractivity contribution is 5.12. The van der Waals surface area contributed by atoms with Gasteiger partial charge in [-0.15, -0.1) is 0 Å². The number of rotatable bonds is 4. The topological polar surface area (TPSA) is 20.2 Å². The Labute approximate surface area is 101 Å². The molecule has 2 atom stereocenters. The van der Waals surface area contributed by atoms with Gasteiger partial charge in [-0.05, 0) is 11.8 Å². The molecule has 0 aliphatic rings. The predicted octanol–water partition coefficient (Wildman–Crippen LogP) is 3.77. The number of halogens is 3. The summed E-state index contributed by atoms with van der Waals surface area (Å²) in [6.45, 7) is 7.34. The van der Waals surface area contributed by atoms with Crippen LogP contribution in [0.1, 0.15) is 47.0 Å². The van der Waals surface area contributed by atoms with Crippen LogP contribution in [0.2, 0.25) is 0 Å². The van der Waals surface area contributed by atoms with Crippen LogP contribution in [0.5, 0.6) is 0 Å². The standard InChI is InChI=1S/C13H21F3O/c1-5-6-7-11(17)10(12(2,3)4)8-9-13(14,15)16/h10-11,17H,5-7H2,1-4H3/t10-,11+/m1/s1. The Balaban J connectivity index is 4.82. The highest BCUT2D eigenvalue weighted by Gasteiger charge is 2.31. The maximum absolute atomic E-state index is 12.1. The molecule has 0 amide bonds. The molecule has 0 radical (unpaired) electrons. The zero-order chi connectivity index (χ0) is 13.7. The van der Waals surface area contributed by atoms with Crippen LogP contribution in [0.25, 0.3) is 0 Å². The van der Waals surface area contributed by atoms with Crippen molar-refractivity contribution in [2.75, 3.05) is 0 Å². The van der Waals surface area contributed by atoms with Crippen molar-refractivity contribution in [3.63, 3.8) is 0 Å². The van der Waals surface area contributed by atoms with Gasteiger partial charge in [0.15, 0.2) is 0 Å². The van der Waals surface area contributed by atoms with E-state index in [1.165, 1.54) is 5.92 Å². The lowest BCUT2D eigenvalue weighted by Crippen LogP contribution is -2.31. The van der Waals surface area contributed by atoms with Gasteiger partial charge in [-0.3, -0.25) is 0 Å². The Kier molecular flexibility index (Phi) is 6.04. The maximum atomic E-state index is 12.1. The third-order valence-corrected chi connectivity index (χ3v) is 2.54. The second-order valence-corrected chi connectivity index (χ2v) is 5.32. The highest BCUT2D eigenvalue weighted by Crippen LogP contribution is 2.30. The van der Waals surface area contributed by atoms with E-state index in [1.807, 2.05) is 6.92 Å². The van der Waals surface area contributed by atoms with Crippen LogP contribution in [0.15, 0.2) is 0 Å². The van der Waals surface area contributed by atoms with Crippen molar-refractivity contribution in [3.05, 3.63) is 0 Å². The summed E-state index contributed by atoms with van der Waals surface area (Å²) in [5.74, 6) is 2.80. The van der Waals surface area contributed by atoms with Gasteiger partial charge in [0.1, 0.15) is 0 Å². The number of aliphatic hydroxyl groups excluding tert-OH is 1. The molecule has 0 unspecified atom stereocenters. The molecule has 0 aromatic heterocycles. The molecule has 17 heavy (non-hydrogen) atoms. The maximum Gasteiger partial charge on any atom is 0.457 e. The molecule has 4 heteroatoms. The Morgan fingerprint density at radius 2 is 1.71 bits per heavy atom. The molecule has 0 aromatic carbocycles. The van der Waals surface area contributed by atoms with Crippen molar-refractivity contribution >= 4 is 0 Å². The number of aliphatic hydroxyl groups is 1. The molecule has 0 heterocycles. The van der Waals surface area contributed by atoms with Crippen molar-refractivity contribution in [3.8, 4) is 11.8 Å². The average Bonchev–Trinajstić information content (AvgIpc) is 2.10. The van der Waals surface area contributed by atoms with Gasteiger partial charge in [0, 0.05) is 5.92 Å². The van der Waals surface area contributed by atoms with Crippen molar-refractivity contribution in [1.82, 2.24) is 0 Å². The number of hydrogen-bond acceptors (Lipinski definition) is 1. The smallest absolute Gasteiger partial charge is 0.392 e. The van der Waals surface area contributed by atoms with Crippen LogP contribution in [0.3, 0.4) is 0 Å². The monoisotopic (exact) mass is 250 g/mol. The summed E-state index contributed by atoms with van der Waals surface area (Å²) in [7, 11) is 0. The van der Waals surface area contributed by atoms with Crippen molar-refractivity contribution in [1.29, 1.82) is 0 Å². The average molecular weight is 250 g/mol. The predicted molar refractivity (Wildman–Crippen MR) is 62.3 cm³/mol. The zero-order valence-electron chi connectivity index (χ0n) is 10.9. The number of alkyl halides is 3. The highest BCUT2D eigenvalue weighted by atomic mass is 19.4. The third-order valence-electron chi connectivity index (χ3n) is 2.54. The molecule has 0 spiro atoms. The van der Waals surface area contributed by atoms with E-state index in [9.17, 15) is 18.3 Å². The first-order valence-corrected chi connectivity index (χ1v) is 5.85. The quantitative estimate of drug-likeness (QED) is 0.753. The minimum Gasteiger partial charge on any atom is -0.392 e. The van der Waals surface area contributed by atoms with Gasteiger partial charge in [0.05, 0.1) is 12.0 Å². The summed E-state index contributed by atoms with van der Waals surface area (Å²) < 4.78 is 36.2. The van der Waals surface area contributed by atoms with E-state index in [-0.39, 0.29) is 0 Å². The fourth-order valence-corrected chi connectivity index (χ4v) is 1.63. The lowest BCUT2D eigenvalue weighted by atomic mass is 9.76. The van der Waals surface area contributed by atoms with Crippen molar-refractivity contribution in [2.45, 2.75) is 59.2 Å². The van der Waals surface area contributed by atoms with E-state index in [1.54, 1.807) is 20.8 Å². The lowest BCUT2D eigenvalue weighted by Gasteiger charge is -2.30. The van der Waals surface area contributed by atoms with Gasteiger partial charge < -0.3 is 5.11 Å². The van der Waals surface area contributed by atoms with Gasteiger partial charge in [-0.1, -0.05) is 46.5 Å². The first-order chi connectivity index (χ1) is 7.58. The second kappa shape index (κ2) is 6.30. The minimum absolute atomic E-state index is 0.467. The van der Waals surface area contributed by atoms with Crippen LogP contribution in [-0.2, 0) is 0 Å². The second-order valence-electron chi connectivity index (χ2n) is 5.32. The van der Waals surface area contributed by atoms with Gasteiger partial charge in [-0.25, -0.2) is 0 Å². The van der Waals surface area contributed by atoms with E-state index in [2.05, 4.69) is 5.92 Å². The van der Waals surface area contributed by atoms with Crippen LogP contribution >= 0.6 is 0 Å². The molecule has 1 N–H and O–H groups in total. The van der Waals surface area contributed by atoms with E-state index in [0.717, 1.165) is 12.8 Å². The molecular weight excluding hydrogens is 229 g/mol. The molecular formula is C13H21F3O. The van der Waals surface area contributed by atoms with Crippen molar-refractivity contribution < 1.29 is 18.3 Å². The Bertz CT molecular complexity index is 278. The summed E-state index contributed by atoms with van der Waals surface area (Å²) in [6.07, 6.45) is -3.11. The Morgan fingerprint density at radius 3 is 2.06 bits per heavy atom.